The molecule has 0 radical (unpaired) electrons. The Morgan fingerprint density at radius 3 is 2.41 bits per heavy atom. The van der Waals surface area contributed by atoms with Crippen molar-refractivity contribution in [1.29, 1.82) is 0 Å². The number of rotatable bonds is 1. The van der Waals surface area contributed by atoms with E-state index in [9.17, 15) is 0 Å². The Bertz CT molecular complexity index is 913. The second kappa shape index (κ2) is 4.82. The third kappa shape index (κ3) is 1.83. The summed E-state index contributed by atoms with van der Waals surface area (Å²) in [7, 11) is 0. The molecule has 0 aromatic heterocycles. The molecular weight excluding hydrogens is 266 g/mol. The Hall–Kier alpha value is -2.38. The molecule has 1 aliphatic rings. The normalized spacial score (nSPS) is 16.7. The van der Waals surface area contributed by atoms with Crippen LogP contribution in [0, 0.1) is 13.8 Å². The van der Waals surface area contributed by atoms with E-state index in [1.165, 1.54) is 44.2 Å². The molecule has 1 unspecified atom stereocenters. The van der Waals surface area contributed by atoms with Crippen molar-refractivity contribution < 1.29 is 0 Å². The number of hydrogen-bond donors (Lipinski definition) is 1. The summed E-state index contributed by atoms with van der Waals surface area (Å²) in [5.41, 5.74) is 14.2. The highest BCUT2D eigenvalue weighted by Gasteiger charge is 2.23. The van der Waals surface area contributed by atoms with Gasteiger partial charge in [0, 0.05) is 0 Å². The molecule has 1 atom stereocenters. The molecule has 2 N–H and O–H groups in total. The maximum atomic E-state index is 6.63. The highest BCUT2D eigenvalue weighted by molar-refractivity contribution is 6.03. The molecule has 0 saturated carbocycles. The van der Waals surface area contributed by atoms with Gasteiger partial charge in [0.25, 0.3) is 0 Å². The fourth-order valence-corrected chi connectivity index (χ4v) is 3.51. The van der Waals surface area contributed by atoms with Gasteiger partial charge < -0.3 is 5.73 Å². The minimum Gasteiger partial charge on any atom is -0.320 e. The van der Waals surface area contributed by atoms with E-state index >= 15 is 0 Å². The van der Waals surface area contributed by atoms with E-state index in [2.05, 4.69) is 74.5 Å². The van der Waals surface area contributed by atoms with Gasteiger partial charge >= 0.3 is 0 Å². The van der Waals surface area contributed by atoms with Crippen LogP contribution in [0.15, 0.2) is 54.6 Å². The first-order valence-corrected chi connectivity index (χ1v) is 7.72. The quantitative estimate of drug-likeness (QED) is 0.668. The van der Waals surface area contributed by atoms with Crippen LogP contribution >= 0.6 is 0 Å². The van der Waals surface area contributed by atoms with Crippen LogP contribution in [0.1, 0.15) is 33.9 Å². The van der Waals surface area contributed by atoms with Crippen molar-refractivity contribution in [3.63, 3.8) is 0 Å². The van der Waals surface area contributed by atoms with Gasteiger partial charge in [-0.3, -0.25) is 0 Å². The minimum absolute atomic E-state index is 0.0703. The Balaban J connectivity index is 2.02. The van der Waals surface area contributed by atoms with Crippen molar-refractivity contribution in [3.05, 3.63) is 82.4 Å². The third-order valence-corrected chi connectivity index (χ3v) is 4.87. The Kier molecular flexibility index (Phi) is 2.91. The molecule has 1 aliphatic carbocycles. The largest absolute Gasteiger partial charge is 0.320 e. The highest BCUT2D eigenvalue weighted by Crippen LogP contribution is 2.41. The van der Waals surface area contributed by atoms with E-state index in [1.54, 1.807) is 0 Å². The van der Waals surface area contributed by atoms with Gasteiger partial charge in [-0.05, 0) is 64.1 Å². The summed E-state index contributed by atoms with van der Waals surface area (Å²) in [6.45, 7) is 4.34. The maximum Gasteiger partial charge on any atom is 0.0564 e. The molecule has 1 nitrogen and oxygen atoms in total. The zero-order chi connectivity index (χ0) is 15.3. The van der Waals surface area contributed by atoms with Crippen LogP contribution in [0.2, 0.25) is 0 Å². The summed E-state index contributed by atoms with van der Waals surface area (Å²) >= 11 is 0. The molecule has 0 bridgehead atoms. The SMILES string of the molecule is Cc1cccc(C2=Cc3cccc4cccc(c34)C2N)c1C. The first-order valence-electron chi connectivity index (χ1n) is 7.72. The van der Waals surface area contributed by atoms with Gasteiger partial charge in [-0.25, -0.2) is 0 Å². The summed E-state index contributed by atoms with van der Waals surface area (Å²) in [5, 5.41) is 2.56. The van der Waals surface area contributed by atoms with Crippen LogP contribution in [0.3, 0.4) is 0 Å². The Morgan fingerprint density at radius 1 is 0.864 bits per heavy atom. The smallest absolute Gasteiger partial charge is 0.0564 e. The molecule has 3 aromatic carbocycles. The lowest BCUT2D eigenvalue weighted by atomic mass is 9.81. The molecule has 0 amide bonds. The second-order valence-corrected chi connectivity index (χ2v) is 6.12. The fraction of sp³-hybridized carbons (Fsp3) is 0.143. The Morgan fingerprint density at radius 2 is 1.59 bits per heavy atom. The van der Waals surface area contributed by atoms with Crippen molar-refractivity contribution in [1.82, 2.24) is 0 Å². The van der Waals surface area contributed by atoms with Crippen LogP contribution in [0.5, 0.6) is 0 Å². The van der Waals surface area contributed by atoms with Crippen LogP contribution in [0.25, 0.3) is 22.4 Å². The summed E-state index contributed by atoms with van der Waals surface area (Å²) < 4.78 is 0. The van der Waals surface area contributed by atoms with Crippen molar-refractivity contribution in [2.24, 2.45) is 5.73 Å². The lowest BCUT2D eigenvalue weighted by Gasteiger charge is -2.26. The van der Waals surface area contributed by atoms with Crippen LogP contribution in [-0.4, -0.2) is 0 Å². The summed E-state index contributed by atoms with van der Waals surface area (Å²) in [5.74, 6) is 0. The molecule has 4 rings (SSSR count). The van der Waals surface area contributed by atoms with Gasteiger partial charge in [0.15, 0.2) is 0 Å². The average Bonchev–Trinajstić information content (AvgIpc) is 2.54. The third-order valence-electron chi connectivity index (χ3n) is 4.87. The van der Waals surface area contributed by atoms with E-state index in [-0.39, 0.29) is 6.04 Å². The molecule has 0 heterocycles. The molecule has 0 saturated heterocycles. The molecule has 0 aliphatic heterocycles. The monoisotopic (exact) mass is 285 g/mol. The lowest BCUT2D eigenvalue weighted by Crippen LogP contribution is -2.16. The number of aryl methyl sites for hydroxylation is 1. The summed E-state index contributed by atoms with van der Waals surface area (Å²) in [4.78, 5) is 0. The summed E-state index contributed by atoms with van der Waals surface area (Å²) in [6.07, 6.45) is 2.27. The molecule has 3 aromatic rings. The van der Waals surface area contributed by atoms with Gasteiger partial charge in [0.2, 0.25) is 0 Å². The molecule has 108 valence electrons. The van der Waals surface area contributed by atoms with Crippen molar-refractivity contribution in [2.45, 2.75) is 19.9 Å². The topological polar surface area (TPSA) is 26.0 Å². The first kappa shape index (κ1) is 13.3. The van der Waals surface area contributed by atoms with E-state index in [4.69, 9.17) is 5.73 Å². The second-order valence-electron chi connectivity index (χ2n) is 6.12. The van der Waals surface area contributed by atoms with Crippen LogP contribution < -0.4 is 5.73 Å². The Labute approximate surface area is 131 Å². The predicted molar refractivity (Wildman–Crippen MR) is 94.7 cm³/mol. The summed E-state index contributed by atoms with van der Waals surface area (Å²) in [6, 6.07) is 19.3. The zero-order valence-corrected chi connectivity index (χ0v) is 12.9. The standard InChI is InChI=1S/C21H19N/c1-13-6-3-10-17(14(13)2)19-12-16-9-4-7-15-8-5-11-18(20(15)16)21(19)22/h3-12,21H,22H2,1-2H3. The zero-order valence-electron chi connectivity index (χ0n) is 12.9. The van der Waals surface area contributed by atoms with Crippen molar-refractivity contribution >= 4 is 22.4 Å². The van der Waals surface area contributed by atoms with Gasteiger partial charge in [0.05, 0.1) is 6.04 Å². The molecule has 0 fully saturated rings. The van der Waals surface area contributed by atoms with Crippen molar-refractivity contribution in [3.8, 4) is 0 Å². The molecule has 22 heavy (non-hydrogen) atoms. The van der Waals surface area contributed by atoms with Crippen molar-refractivity contribution in [2.75, 3.05) is 0 Å². The number of benzene rings is 3. The predicted octanol–water partition coefficient (Wildman–Crippen LogP) is 5.01. The van der Waals surface area contributed by atoms with Gasteiger partial charge in [0.1, 0.15) is 0 Å². The van der Waals surface area contributed by atoms with E-state index in [0.717, 1.165) is 0 Å². The fourth-order valence-electron chi connectivity index (χ4n) is 3.51. The minimum atomic E-state index is -0.0703. The average molecular weight is 285 g/mol. The number of nitrogens with two attached hydrogens (primary N) is 1. The van der Waals surface area contributed by atoms with Gasteiger partial charge in [-0.15, -0.1) is 0 Å². The van der Waals surface area contributed by atoms with Crippen LogP contribution in [0.4, 0.5) is 0 Å². The van der Waals surface area contributed by atoms with Gasteiger partial charge in [-0.1, -0.05) is 54.6 Å². The molecule has 1 heteroatoms. The first-order chi connectivity index (χ1) is 10.7. The van der Waals surface area contributed by atoms with Crippen LogP contribution in [-0.2, 0) is 0 Å². The lowest BCUT2D eigenvalue weighted by molar-refractivity contribution is 0.939. The highest BCUT2D eigenvalue weighted by atomic mass is 14.6. The van der Waals surface area contributed by atoms with E-state index in [0.29, 0.717) is 0 Å². The number of hydrogen-bond acceptors (Lipinski definition) is 1. The van der Waals surface area contributed by atoms with E-state index in [1.807, 2.05) is 0 Å². The molecule has 0 spiro atoms. The molecular formula is C21H19N. The maximum absolute atomic E-state index is 6.63. The van der Waals surface area contributed by atoms with E-state index < -0.39 is 0 Å². The van der Waals surface area contributed by atoms with Gasteiger partial charge in [-0.2, -0.15) is 0 Å².